The van der Waals surface area contributed by atoms with Crippen molar-refractivity contribution in [3.05, 3.63) is 40.1 Å². The number of hydrogen-bond donors (Lipinski definition) is 2. The Morgan fingerprint density at radius 1 is 1.59 bits per heavy atom. The Bertz CT molecular complexity index is 592. The first kappa shape index (κ1) is 11.9. The summed E-state index contributed by atoms with van der Waals surface area (Å²) >= 11 is 1.27. The second kappa shape index (κ2) is 4.72. The van der Waals surface area contributed by atoms with Crippen LogP contribution in [-0.2, 0) is 13.6 Å². The topological polar surface area (TPSA) is 76.7 Å². The Hall–Kier alpha value is -1.60. The summed E-state index contributed by atoms with van der Waals surface area (Å²) in [5.41, 5.74) is 5.94. The van der Waals surface area contributed by atoms with E-state index in [1.807, 2.05) is 0 Å². The zero-order valence-corrected chi connectivity index (χ0v) is 9.92. The van der Waals surface area contributed by atoms with Crippen LogP contribution in [0, 0.1) is 5.82 Å². The van der Waals surface area contributed by atoms with Crippen molar-refractivity contribution in [2.24, 2.45) is 12.8 Å². The monoisotopic (exact) mass is 254 g/mol. The number of H-pyrrole nitrogens is 1. The van der Waals surface area contributed by atoms with Crippen LogP contribution >= 0.6 is 11.8 Å². The molecular weight excluding hydrogens is 243 g/mol. The first-order valence-corrected chi connectivity index (χ1v) is 5.71. The molecule has 90 valence electrons. The molecule has 0 fully saturated rings. The van der Waals surface area contributed by atoms with E-state index in [4.69, 9.17) is 5.73 Å². The van der Waals surface area contributed by atoms with Gasteiger partial charge >= 0.3 is 5.69 Å². The van der Waals surface area contributed by atoms with E-state index in [-0.39, 0.29) is 18.1 Å². The van der Waals surface area contributed by atoms with Crippen LogP contribution in [0.4, 0.5) is 4.39 Å². The van der Waals surface area contributed by atoms with Crippen LogP contribution in [0.2, 0.25) is 0 Å². The number of aromatic nitrogens is 3. The maximum Gasteiger partial charge on any atom is 0.343 e. The standard InChI is InChI=1S/C10H11FN4OS/c1-15-9(16)13-14-10(15)17-8-3-2-7(11)4-6(8)5-12/h2-4H,5,12H2,1H3,(H,13,16). The predicted molar refractivity (Wildman–Crippen MR) is 62.2 cm³/mol. The summed E-state index contributed by atoms with van der Waals surface area (Å²) in [6, 6.07) is 4.36. The van der Waals surface area contributed by atoms with Gasteiger partial charge in [0.05, 0.1) is 0 Å². The molecule has 0 aliphatic rings. The third kappa shape index (κ3) is 2.40. The molecule has 0 saturated heterocycles. The first-order chi connectivity index (χ1) is 8.11. The lowest BCUT2D eigenvalue weighted by Gasteiger charge is -2.06. The third-order valence-corrected chi connectivity index (χ3v) is 3.45. The molecule has 0 bridgehead atoms. The number of hydrogen-bond acceptors (Lipinski definition) is 4. The highest BCUT2D eigenvalue weighted by Gasteiger charge is 2.09. The molecule has 0 aliphatic carbocycles. The lowest BCUT2D eigenvalue weighted by atomic mass is 10.2. The third-order valence-electron chi connectivity index (χ3n) is 2.28. The van der Waals surface area contributed by atoms with Crippen LogP contribution in [0.5, 0.6) is 0 Å². The van der Waals surface area contributed by atoms with Crippen molar-refractivity contribution in [3.8, 4) is 0 Å². The van der Waals surface area contributed by atoms with Gasteiger partial charge in [-0.05, 0) is 35.5 Å². The largest absolute Gasteiger partial charge is 0.343 e. The summed E-state index contributed by atoms with van der Waals surface area (Å²) in [4.78, 5) is 12.0. The zero-order chi connectivity index (χ0) is 12.4. The highest BCUT2D eigenvalue weighted by molar-refractivity contribution is 7.99. The van der Waals surface area contributed by atoms with Crippen molar-refractivity contribution in [2.75, 3.05) is 0 Å². The van der Waals surface area contributed by atoms with E-state index in [1.54, 1.807) is 13.1 Å². The number of nitrogens with two attached hydrogens (primary N) is 1. The smallest absolute Gasteiger partial charge is 0.326 e. The Morgan fingerprint density at radius 2 is 2.35 bits per heavy atom. The quantitative estimate of drug-likeness (QED) is 0.851. The number of nitrogens with zero attached hydrogens (tertiary/aromatic N) is 2. The van der Waals surface area contributed by atoms with Gasteiger partial charge in [-0.3, -0.25) is 4.57 Å². The van der Waals surface area contributed by atoms with Gasteiger partial charge in [0, 0.05) is 18.5 Å². The van der Waals surface area contributed by atoms with Gasteiger partial charge < -0.3 is 5.73 Å². The van der Waals surface area contributed by atoms with E-state index < -0.39 is 0 Å². The molecule has 5 nitrogen and oxygen atoms in total. The molecule has 0 saturated carbocycles. The number of rotatable bonds is 3. The van der Waals surface area contributed by atoms with Crippen molar-refractivity contribution in [1.29, 1.82) is 0 Å². The lowest BCUT2D eigenvalue weighted by molar-refractivity contribution is 0.623. The molecule has 1 heterocycles. The molecule has 0 spiro atoms. The van der Waals surface area contributed by atoms with Crippen LogP contribution in [-0.4, -0.2) is 14.8 Å². The Labute approximate surface area is 101 Å². The molecule has 2 rings (SSSR count). The minimum Gasteiger partial charge on any atom is -0.326 e. The normalized spacial score (nSPS) is 10.8. The molecule has 2 aromatic rings. The SMILES string of the molecule is Cn1c(Sc2ccc(F)cc2CN)n[nH]c1=O. The van der Waals surface area contributed by atoms with Crippen LogP contribution in [0.25, 0.3) is 0 Å². The fourth-order valence-corrected chi connectivity index (χ4v) is 2.25. The van der Waals surface area contributed by atoms with Crippen LogP contribution < -0.4 is 11.4 Å². The van der Waals surface area contributed by atoms with Gasteiger partial charge in [0.25, 0.3) is 0 Å². The average Bonchev–Trinajstić information content (AvgIpc) is 2.63. The van der Waals surface area contributed by atoms with E-state index in [9.17, 15) is 9.18 Å². The summed E-state index contributed by atoms with van der Waals surface area (Å²) in [5, 5.41) is 6.71. The van der Waals surface area contributed by atoms with Crippen LogP contribution in [0.3, 0.4) is 0 Å². The van der Waals surface area contributed by atoms with Gasteiger partial charge in [0.2, 0.25) is 0 Å². The number of nitrogens with one attached hydrogen (secondary N) is 1. The summed E-state index contributed by atoms with van der Waals surface area (Å²) in [5.74, 6) is -0.328. The molecule has 17 heavy (non-hydrogen) atoms. The van der Waals surface area contributed by atoms with Crippen LogP contribution in [0.15, 0.2) is 33.0 Å². The summed E-state index contributed by atoms with van der Waals surface area (Å²) < 4.78 is 14.4. The fourth-order valence-electron chi connectivity index (χ4n) is 1.33. The zero-order valence-electron chi connectivity index (χ0n) is 9.11. The van der Waals surface area contributed by atoms with E-state index in [0.29, 0.717) is 10.7 Å². The molecule has 7 heteroatoms. The van der Waals surface area contributed by atoms with Gasteiger partial charge in [-0.2, -0.15) is 0 Å². The molecule has 1 aromatic heterocycles. The fraction of sp³-hybridized carbons (Fsp3) is 0.200. The lowest BCUT2D eigenvalue weighted by Crippen LogP contribution is -2.12. The highest BCUT2D eigenvalue weighted by Crippen LogP contribution is 2.28. The number of halogens is 1. The maximum atomic E-state index is 13.0. The summed E-state index contributed by atoms with van der Waals surface area (Å²) in [6.45, 7) is 0.235. The second-order valence-corrected chi connectivity index (χ2v) is 4.44. The van der Waals surface area contributed by atoms with Crippen molar-refractivity contribution in [3.63, 3.8) is 0 Å². The Morgan fingerprint density at radius 3 is 2.94 bits per heavy atom. The maximum absolute atomic E-state index is 13.0. The Balaban J connectivity index is 2.36. The van der Waals surface area contributed by atoms with E-state index in [1.165, 1.54) is 28.5 Å². The van der Waals surface area contributed by atoms with Crippen LogP contribution in [0.1, 0.15) is 5.56 Å². The van der Waals surface area contributed by atoms with Gasteiger partial charge in [-0.1, -0.05) is 0 Å². The average molecular weight is 254 g/mol. The van der Waals surface area contributed by atoms with E-state index in [2.05, 4.69) is 10.2 Å². The number of benzene rings is 1. The summed E-state index contributed by atoms with van der Waals surface area (Å²) in [7, 11) is 1.61. The minimum absolute atomic E-state index is 0.235. The van der Waals surface area contributed by atoms with Crippen molar-refractivity contribution < 1.29 is 4.39 Å². The molecule has 0 unspecified atom stereocenters. The summed E-state index contributed by atoms with van der Waals surface area (Å²) in [6.07, 6.45) is 0. The van der Waals surface area contributed by atoms with Crippen molar-refractivity contribution in [1.82, 2.24) is 14.8 Å². The van der Waals surface area contributed by atoms with Crippen molar-refractivity contribution >= 4 is 11.8 Å². The molecule has 0 amide bonds. The van der Waals surface area contributed by atoms with Gasteiger partial charge in [-0.25, -0.2) is 14.3 Å². The second-order valence-electron chi connectivity index (χ2n) is 3.43. The van der Waals surface area contributed by atoms with Gasteiger partial charge in [0.1, 0.15) is 5.82 Å². The Kier molecular flexibility index (Phi) is 3.30. The molecule has 1 aromatic carbocycles. The van der Waals surface area contributed by atoms with E-state index >= 15 is 0 Å². The predicted octanol–water partition coefficient (Wildman–Crippen LogP) is 0.857. The van der Waals surface area contributed by atoms with Gasteiger partial charge in [-0.15, -0.1) is 5.10 Å². The molecule has 3 N–H and O–H groups in total. The molecule has 0 radical (unpaired) electrons. The molecule has 0 aliphatic heterocycles. The molecular formula is C10H11FN4OS. The first-order valence-electron chi connectivity index (χ1n) is 4.89. The molecule has 0 atom stereocenters. The van der Waals surface area contributed by atoms with Gasteiger partial charge in [0.15, 0.2) is 5.16 Å². The number of aromatic amines is 1. The van der Waals surface area contributed by atoms with Crippen molar-refractivity contribution in [2.45, 2.75) is 16.6 Å². The minimum atomic E-state index is -0.328. The highest BCUT2D eigenvalue weighted by atomic mass is 32.2. The van der Waals surface area contributed by atoms with E-state index in [0.717, 1.165) is 4.90 Å².